The van der Waals surface area contributed by atoms with Crippen LogP contribution in [0.2, 0.25) is 15.1 Å². The third-order valence-electron chi connectivity index (χ3n) is 5.76. The van der Waals surface area contributed by atoms with Crippen LogP contribution < -0.4 is 4.90 Å². The number of nitrogens with zero attached hydrogens (tertiary/aromatic N) is 3. The van der Waals surface area contributed by atoms with E-state index in [0.29, 0.717) is 15.1 Å². The van der Waals surface area contributed by atoms with Crippen molar-refractivity contribution in [3.63, 3.8) is 0 Å². The molecule has 27 heavy (non-hydrogen) atoms. The first kappa shape index (κ1) is 17.6. The number of aryl methyl sites for hydroxylation is 1. The Kier molecular flexibility index (Phi) is 4.10. The maximum atomic E-state index is 9.97. The van der Waals surface area contributed by atoms with E-state index >= 15 is 0 Å². The SMILES string of the molecule is OCC1(c2ccc(Cl)c3nc4n(c23)CCCN4c2ccc(Cl)cc2Cl)CC1. The van der Waals surface area contributed by atoms with Crippen LogP contribution in [-0.4, -0.2) is 27.8 Å². The second kappa shape index (κ2) is 6.28. The minimum atomic E-state index is -0.153. The van der Waals surface area contributed by atoms with Crippen LogP contribution in [0.1, 0.15) is 24.8 Å². The van der Waals surface area contributed by atoms with Gasteiger partial charge in [-0.2, -0.15) is 0 Å². The van der Waals surface area contributed by atoms with E-state index in [4.69, 9.17) is 39.8 Å². The van der Waals surface area contributed by atoms with Crippen molar-refractivity contribution >= 4 is 57.5 Å². The van der Waals surface area contributed by atoms with Crippen molar-refractivity contribution in [2.24, 2.45) is 0 Å². The first-order valence-electron chi connectivity index (χ1n) is 9.07. The molecule has 0 atom stereocenters. The molecule has 5 rings (SSSR count). The largest absolute Gasteiger partial charge is 0.395 e. The third kappa shape index (κ3) is 2.65. The second-order valence-corrected chi connectivity index (χ2v) is 8.65. The molecule has 0 amide bonds. The molecule has 0 bridgehead atoms. The Morgan fingerprint density at radius 3 is 2.56 bits per heavy atom. The maximum absolute atomic E-state index is 9.97. The summed E-state index contributed by atoms with van der Waals surface area (Å²) in [5, 5.41) is 11.8. The predicted octanol–water partition coefficient (Wildman–Crippen LogP) is 5.56. The summed E-state index contributed by atoms with van der Waals surface area (Å²) in [5.74, 6) is 0.837. The van der Waals surface area contributed by atoms with Crippen molar-refractivity contribution in [3.05, 3.63) is 51.0 Å². The number of aliphatic hydroxyl groups is 1. The van der Waals surface area contributed by atoms with Gasteiger partial charge < -0.3 is 14.6 Å². The van der Waals surface area contributed by atoms with Crippen LogP contribution in [0.3, 0.4) is 0 Å². The lowest BCUT2D eigenvalue weighted by Crippen LogP contribution is -2.28. The lowest BCUT2D eigenvalue weighted by atomic mass is 9.95. The highest BCUT2D eigenvalue weighted by Crippen LogP contribution is 2.51. The molecule has 4 nitrogen and oxygen atoms in total. The van der Waals surface area contributed by atoms with Gasteiger partial charge in [0, 0.05) is 23.5 Å². The zero-order valence-corrected chi connectivity index (χ0v) is 16.8. The minimum Gasteiger partial charge on any atom is -0.395 e. The second-order valence-electron chi connectivity index (χ2n) is 7.39. The molecule has 1 aliphatic heterocycles. The fourth-order valence-corrected chi connectivity index (χ4v) is 4.82. The summed E-state index contributed by atoms with van der Waals surface area (Å²) in [6, 6.07) is 9.47. The molecule has 2 aliphatic rings. The Balaban J connectivity index is 1.74. The fourth-order valence-electron chi connectivity index (χ4n) is 4.12. The van der Waals surface area contributed by atoms with Crippen molar-refractivity contribution in [2.75, 3.05) is 18.1 Å². The molecule has 0 unspecified atom stereocenters. The minimum absolute atomic E-state index is 0.150. The van der Waals surface area contributed by atoms with Crippen molar-refractivity contribution < 1.29 is 5.11 Å². The van der Waals surface area contributed by atoms with Crippen molar-refractivity contribution in [3.8, 4) is 0 Å². The first-order valence-corrected chi connectivity index (χ1v) is 10.2. The molecule has 1 aromatic heterocycles. The Morgan fingerprint density at radius 2 is 1.85 bits per heavy atom. The van der Waals surface area contributed by atoms with Gasteiger partial charge in [-0.15, -0.1) is 0 Å². The number of hydrogen-bond acceptors (Lipinski definition) is 3. The molecular weight excluding hydrogens is 405 g/mol. The van der Waals surface area contributed by atoms with Crippen LogP contribution >= 0.6 is 34.8 Å². The number of aromatic nitrogens is 2. The maximum Gasteiger partial charge on any atom is 0.211 e. The highest BCUT2D eigenvalue weighted by Gasteiger charge is 2.46. The number of fused-ring (bicyclic) bond motifs is 3. The average Bonchev–Trinajstić information content (AvgIpc) is 3.35. The van der Waals surface area contributed by atoms with Gasteiger partial charge in [-0.3, -0.25) is 0 Å². The molecule has 1 aliphatic carbocycles. The van der Waals surface area contributed by atoms with Crippen LogP contribution in [0.15, 0.2) is 30.3 Å². The Bertz CT molecular complexity index is 1060. The third-order valence-corrected chi connectivity index (χ3v) is 6.60. The Morgan fingerprint density at radius 1 is 1.04 bits per heavy atom. The normalized spacial score (nSPS) is 18.0. The van der Waals surface area contributed by atoms with Gasteiger partial charge in [0.2, 0.25) is 5.95 Å². The van der Waals surface area contributed by atoms with Crippen LogP contribution in [0.4, 0.5) is 11.6 Å². The number of benzene rings is 2. The number of rotatable bonds is 3. The summed E-state index contributed by atoms with van der Waals surface area (Å²) in [7, 11) is 0. The highest BCUT2D eigenvalue weighted by molar-refractivity contribution is 6.36. The standard InChI is InChI=1S/C20H18Cl3N3O/c21-12-2-5-16(15(23)10-12)25-8-1-9-26-18-13(20(11-27)6-7-20)3-4-14(22)17(18)24-19(25)26/h2-5,10,27H,1,6-9,11H2. The van der Waals surface area contributed by atoms with Crippen molar-refractivity contribution in [2.45, 2.75) is 31.2 Å². The van der Waals surface area contributed by atoms with E-state index in [2.05, 4.69) is 15.5 Å². The number of aliphatic hydroxyl groups excluding tert-OH is 1. The number of imidazole rings is 1. The van der Waals surface area contributed by atoms with Crippen LogP contribution in [0.5, 0.6) is 0 Å². The Hall–Kier alpha value is -1.46. The molecule has 1 N–H and O–H groups in total. The van der Waals surface area contributed by atoms with Crippen LogP contribution in [0, 0.1) is 0 Å². The van der Waals surface area contributed by atoms with Gasteiger partial charge in [0.05, 0.1) is 27.9 Å². The number of anilines is 2. The zero-order chi connectivity index (χ0) is 18.8. The van der Waals surface area contributed by atoms with E-state index in [0.717, 1.165) is 60.6 Å². The average molecular weight is 423 g/mol. The predicted molar refractivity (Wildman–Crippen MR) is 111 cm³/mol. The summed E-state index contributed by atoms with van der Waals surface area (Å²) in [5.41, 5.74) is 3.71. The smallest absolute Gasteiger partial charge is 0.211 e. The van der Waals surface area contributed by atoms with Crippen LogP contribution in [-0.2, 0) is 12.0 Å². The van der Waals surface area contributed by atoms with E-state index in [1.165, 1.54) is 0 Å². The lowest BCUT2D eigenvalue weighted by Gasteiger charge is -2.30. The highest BCUT2D eigenvalue weighted by atomic mass is 35.5. The van der Waals surface area contributed by atoms with E-state index in [1.807, 2.05) is 18.2 Å². The van der Waals surface area contributed by atoms with Crippen LogP contribution in [0.25, 0.3) is 11.0 Å². The molecule has 0 spiro atoms. The lowest BCUT2D eigenvalue weighted by molar-refractivity contribution is 0.255. The number of hydrogen-bond donors (Lipinski definition) is 1. The van der Waals surface area contributed by atoms with Gasteiger partial charge >= 0.3 is 0 Å². The first-order chi connectivity index (χ1) is 13.0. The van der Waals surface area contributed by atoms with Gasteiger partial charge in [0.1, 0.15) is 5.52 Å². The summed E-state index contributed by atoms with van der Waals surface area (Å²) in [4.78, 5) is 7.02. The quantitative estimate of drug-likeness (QED) is 0.600. The van der Waals surface area contributed by atoms with Gasteiger partial charge in [-0.1, -0.05) is 40.9 Å². The van der Waals surface area contributed by atoms with E-state index < -0.39 is 0 Å². The molecule has 1 fully saturated rings. The van der Waals surface area contributed by atoms with Gasteiger partial charge in [0.15, 0.2) is 0 Å². The molecule has 1 saturated carbocycles. The molecule has 7 heteroatoms. The van der Waals surface area contributed by atoms with Crippen molar-refractivity contribution in [1.29, 1.82) is 0 Å². The number of halogens is 3. The van der Waals surface area contributed by atoms with Gasteiger partial charge in [0.25, 0.3) is 0 Å². The molecule has 2 aromatic carbocycles. The van der Waals surface area contributed by atoms with Gasteiger partial charge in [-0.05, 0) is 49.1 Å². The summed E-state index contributed by atoms with van der Waals surface area (Å²) < 4.78 is 2.22. The molecule has 2 heterocycles. The fraction of sp³-hybridized carbons (Fsp3) is 0.350. The zero-order valence-electron chi connectivity index (χ0n) is 14.6. The summed E-state index contributed by atoms with van der Waals surface area (Å²) in [6.45, 7) is 1.84. The molecule has 3 aromatic rings. The molecular formula is C20H18Cl3N3O. The van der Waals surface area contributed by atoms with Gasteiger partial charge in [-0.25, -0.2) is 4.98 Å². The Labute approximate surface area is 172 Å². The van der Waals surface area contributed by atoms with E-state index in [9.17, 15) is 5.11 Å². The molecule has 0 saturated heterocycles. The topological polar surface area (TPSA) is 41.3 Å². The van der Waals surface area contributed by atoms with E-state index in [-0.39, 0.29) is 12.0 Å². The van der Waals surface area contributed by atoms with Crippen molar-refractivity contribution in [1.82, 2.24) is 9.55 Å². The molecule has 140 valence electrons. The van der Waals surface area contributed by atoms with E-state index in [1.54, 1.807) is 6.07 Å². The summed E-state index contributed by atoms with van der Waals surface area (Å²) >= 11 is 19.1. The molecule has 0 radical (unpaired) electrons. The summed E-state index contributed by atoms with van der Waals surface area (Å²) in [6.07, 6.45) is 2.95. The monoisotopic (exact) mass is 421 g/mol.